The summed E-state index contributed by atoms with van der Waals surface area (Å²) in [7, 11) is -1.23. The van der Waals surface area contributed by atoms with E-state index in [4.69, 9.17) is 8.85 Å². The maximum atomic E-state index is 5.71. The second-order valence-electron chi connectivity index (χ2n) is 3.43. The van der Waals surface area contributed by atoms with Crippen LogP contribution in [0.5, 0.6) is 0 Å². The molecule has 4 heteroatoms. The van der Waals surface area contributed by atoms with E-state index < -0.39 is 9.28 Å². The molecule has 1 unspecified atom stereocenters. The molecule has 0 saturated carbocycles. The highest BCUT2D eigenvalue weighted by atomic mass is 79.9. The van der Waals surface area contributed by atoms with Gasteiger partial charge in [-0.1, -0.05) is 41.1 Å². The second-order valence-corrected chi connectivity index (χ2v) is 6.36. The van der Waals surface area contributed by atoms with Crippen LogP contribution in [0.4, 0.5) is 0 Å². The van der Waals surface area contributed by atoms with Crippen LogP contribution in [0.1, 0.15) is 31.9 Å². The quantitative estimate of drug-likeness (QED) is 0.747. The predicted octanol–water partition coefficient (Wildman–Crippen LogP) is 3.65. The van der Waals surface area contributed by atoms with Crippen LogP contribution in [0.2, 0.25) is 0 Å². The molecule has 16 heavy (non-hydrogen) atoms. The SMILES string of the molecule is CCO[Si](OCC)C(C)c1ccccc1Br. The van der Waals surface area contributed by atoms with Crippen LogP contribution in [-0.2, 0) is 8.85 Å². The molecule has 1 aromatic rings. The molecule has 0 aliphatic carbocycles. The molecule has 1 aromatic carbocycles. The van der Waals surface area contributed by atoms with Crippen molar-refractivity contribution in [1.82, 2.24) is 0 Å². The fourth-order valence-corrected chi connectivity index (χ4v) is 4.03. The normalized spacial score (nSPS) is 13.1. The Kier molecular flexibility index (Phi) is 6.27. The van der Waals surface area contributed by atoms with Crippen molar-refractivity contribution in [2.45, 2.75) is 26.3 Å². The summed E-state index contributed by atoms with van der Waals surface area (Å²) in [5, 5.41) is 0. The van der Waals surface area contributed by atoms with Crippen LogP contribution >= 0.6 is 15.9 Å². The van der Waals surface area contributed by atoms with Gasteiger partial charge in [0, 0.05) is 23.2 Å². The summed E-state index contributed by atoms with van der Waals surface area (Å²) >= 11 is 3.57. The van der Waals surface area contributed by atoms with Gasteiger partial charge in [-0.15, -0.1) is 0 Å². The summed E-state index contributed by atoms with van der Waals surface area (Å²) in [6.45, 7) is 7.61. The minimum Gasteiger partial charge on any atom is -0.393 e. The van der Waals surface area contributed by atoms with E-state index in [0.717, 1.165) is 4.47 Å². The fraction of sp³-hybridized carbons (Fsp3) is 0.500. The lowest BCUT2D eigenvalue weighted by Crippen LogP contribution is -2.30. The second kappa shape index (κ2) is 7.22. The fourth-order valence-electron chi connectivity index (χ4n) is 1.53. The highest BCUT2D eigenvalue weighted by Gasteiger charge is 2.26. The van der Waals surface area contributed by atoms with Crippen molar-refractivity contribution in [3.05, 3.63) is 34.3 Å². The Labute approximate surface area is 108 Å². The summed E-state index contributed by atoms with van der Waals surface area (Å²) in [5.74, 6) is 0. The molecule has 2 nitrogen and oxygen atoms in total. The average molecular weight is 302 g/mol. The van der Waals surface area contributed by atoms with Gasteiger partial charge in [0.1, 0.15) is 0 Å². The Morgan fingerprint density at radius 1 is 1.19 bits per heavy atom. The smallest absolute Gasteiger partial charge is 0.392 e. The zero-order valence-electron chi connectivity index (χ0n) is 10.00. The molecule has 0 aromatic heterocycles. The molecule has 0 bridgehead atoms. The molecule has 0 amide bonds. The molecule has 0 saturated heterocycles. The molecule has 0 fully saturated rings. The maximum absolute atomic E-state index is 5.71. The van der Waals surface area contributed by atoms with Crippen molar-refractivity contribution in [2.75, 3.05) is 13.2 Å². The minimum absolute atomic E-state index is 0.320. The zero-order valence-corrected chi connectivity index (χ0v) is 12.6. The van der Waals surface area contributed by atoms with Crippen LogP contribution in [0, 0.1) is 0 Å². The van der Waals surface area contributed by atoms with Crippen molar-refractivity contribution in [3.63, 3.8) is 0 Å². The lowest BCUT2D eigenvalue weighted by atomic mass is 10.2. The van der Waals surface area contributed by atoms with Crippen molar-refractivity contribution < 1.29 is 8.85 Å². The van der Waals surface area contributed by atoms with Crippen molar-refractivity contribution >= 4 is 25.2 Å². The largest absolute Gasteiger partial charge is 0.393 e. The van der Waals surface area contributed by atoms with Gasteiger partial charge in [0.05, 0.1) is 0 Å². The van der Waals surface area contributed by atoms with Gasteiger partial charge in [-0.2, -0.15) is 0 Å². The first kappa shape index (κ1) is 13.9. The van der Waals surface area contributed by atoms with E-state index in [2.05, 4.69) is 35.0 Å². The van der Waals surface area contributed by atoms with Crippen LogP contribution < -0.4 is 0 Å². The molecule has 0 aliphatic rings. The van der Waals surface area contributed by atoms with E-state index in [9.17, 15) is 0 Å². The van der Waals surface area contributed by atoms with E-state index in [0.29, 0.717) is 18.8 Å². The van der Waals surface area contributed by atoms with Gasteiger partial charge in [0.25, 0.3) is 0 Å². The Hall–Kier alpha value is -0.163. The monoisotopic (exact) mass is 301 g/mol. The first-order valence-electron chi connectivity index (χ1n) is 5.57. The molecular weight excluding hydrogens is 284 g/mol. The van der Waals surface area contributed by atoms with E-state index in [1.807, 2.05) is 26.0 Å². The molecular formula is C12H18BrO2Si. The van der Waals surface area contributed by atoms with Gasteiger partial charge in [0.2, 0.25) is 0 Å². The minimum atomic E-state index is -1.23. The van der Waals surface area contributed by atoms with Gasteiger partial charge in [-0.25, -0.2) is 0 Å². The van der Waals surface area contributed by atoms with Crippen LogP contribution in [0.3, 0.4) is 0 Å². The molecule has 1 rings (SSSR count). The predicted molar refractivity (Wildman–Crippen MR) is 71.6 cm³/mol. The van der Waals surface area contributed by atoms with Crippen molar-refractivity contribution in [2.24, 2.45) is 0 Å². The molecule has 1 radical (unpaired) electrons. The third kappa shape index (κ3) is 3.70. The van der Waals surface area contributed by atoms with Gasteiger partial charge in [-0.05, 0) is 25.5 Å². The summed E-state index contributed by atoms with van der Waals surface area (Å²) in [5.41, 5.74) is 1.58. The van der Waals surface area contributed by atoms with Crippen LogP contribution in [-0.4, -0.2) is 22.5 Å². The Bertz CT molecular complexity index is 314. The topological polar surface area (TPSA) is 18.5 Å². The number of rotatable bonds is 6. The first-order valence-corrected chi connectivity index (χ1v) is 7.76. The highest BCUT2D eigenvalue weighted by molar-refractivity contribution is 9.10. The van der Waals surface area contributed by atoms with Gasteiger partial charge < -0.3 is 8.85 Å². The van der Waals surface area contributed by atoms with Crippen LogP contribution in [0.15, 0.2) is 28.7 Å². The highest BCUT2D eigenvalue weighted by Crippen LogP contribution is 2.27. The lowest BCUT2D eigenvalue weighted by molar-refractivity contribution is 0.206. The van der Waals surface area contributed by atoms with Gasteiger partial charge in [0.15, 0.2) is 0 Å². The van der Waals surface area contributed by atoms with E-state index in [-0.39, 0.29) is 0 Å². The summed E-state index contributed by atoms with van der Waals surface area (Å²) < 4.78 is 12.6. The van der Waals surface area contributed by atoms with E-state index >= 15 is 0 Å². The van der Waals surface area contributed by atoms with Crippen LogP contribution in [0.25, 0.3) is 0 Å². The van der Waals surface area contributed by atoms with Gasteiger partial charge >= 0.3 is 9.28 Å². The Morgan fingerprint density at radius 2 is 1.75 bits per heavy atom. The Morgan fingerprint density at radius 3 is 2.25 bits per heavy atom. The molecule has 0 N–H and O–H groups in total. The average Bonchev–Trinajstić information content (AvgIpc) is 2.28. The third-order valence-electron chi connectivity index (χ3n) is 2.30. The summed E-state index contributed by atoms with van der Waals surface area (Å²) in [6, 6.07) is 8.25. The molecule has 1 atom stereocenters. The zero-order chi connectivity index (χ0) is 12.0. The van der Waals surface area contributed by atoms with E-state index in [1.54, 1.807) is 0 Å². The van der Waals surface area contributed by atoms with Crippen molar-refractivity contribution in [1.29, 1.82) is 0 Å². The maximum Gasteiger partial charge on any atom is 0.392 e. The summed E-state index contributed by atoms with van der Waals surface area (Å²) in [4.78, 5) is 0. The first-order chi connectivity index (χ1) is 7.70. The summed E-state index contributed by atoms with van der Waals surface area (Å²) in [6.07, 6.45) is 0. The van der Waals surface area contributed by atoms with Gasteiger partial charge in [-0.3, -0.25) is 0 Å². The lowest BCUT2D eigenvalue weighted by Gasteiger charge is -2.21. The van der Waals surface area contributed by atoms with Crippen molar-refractivity contribution in [3.8, 4) is 0 Å². The molecule has 89 valence electrons. The number of hydrogen-bond donors (Lipinski definition) is 0. The molecule has 0 heterocycles. The Balaban J connectivity index is 2.81. The molecule has 0 aliphatic heterocycles. The third-order valence-corrected chi connectivity index (χ3v) is 5.19. The standard InChI is InChI=1S/C12H18BrO2Si/c1-4-14-16(15-5-2)10(3)11-8-6-7-9-12(11)13/h6-10H,4-5H2,1-3H3. The number of benzene rings is 1. The number of hydrogen-bond acceptors (Lipinski definition) is 2. The molecule has 0 spiro atoms. The number of halogens is 1. The van der Waals surface area contributed by atoms with E-state index in [1.165, 1.54) is 5.56 Å².